The van der Waals surface area contributed by atoms with Crippen LogP contribution in [0.25, 0.3) is 27.8 Å². The number of rotatable bonds is 1. The third-order valence-corrected chi connectivity index (χ3v) is 8.06. The molecule has 0 saturated carbocycles. The third-order valence-electron chi connectivity index (χ3n) is 7.81. The minimum Gasteiger partial charge on any atom is -0.0940 e. The molecule has 4 aromatic carbocycles. The van der Waals surface area contributed by atoms with Gasteiger partial charge in [0, 0.05) is 11.4 Å². The minimum atomic E-state index is -0.368. The van der Waals surface area contributed by atoms with Crippen molar-refractivity contribution in [1.82, 2.24) is 0 Å². The molecule has 3 aliphatic rings. The molecule has 0 radical (unpaired) electrons. The van der Waals surface area contributed by atoms with E-state index in [1.54, 1.807) is 0 Å². The molecule has 1 spiro atoms. The Kier molecular flexibility index (Phi) is 4.32. The predicted molar refractivity (Wildman–Crippen MR) is 147 cm³/mol. The molecule has 0 bridgehead atoms. The lowest BCUT2D eigenvalue weighted by Gasteiger charge is -2.34. The molecule has 0 aliphatic heterocycles. The first-order valence-electron chi connectivity index (χ1n) is 12.1. The molecule has 0 aromatic heterocycles. The van der Waals surface area contributed by atoms with Crippen LogP contribution in [0.3, 0.4) is 0 Å². The van der Waals surface area contributed by atoms with Crippen molar-refractivity contribution < 1.29 is 0 Å². The van der Waals surface area contributed by atoms with Crippen molar-refractivity contribution in [2.45, 2.75) is 25.7 Å². The fourth-order valence-corrected chi connectivity index (χ4v) is 6.58. The Morgan fingerprint density at radius 1 is 0.743 bits per heavy atom. The highest BCUT2D eigenvalue weighted by atomic mass is 35.5. The lowest BCUT2D eigenvalue weighted by Crippen LogP contribution is -2.28. The van der Waals surface area contributed by atoms with Gasteiger partial charge in [0.15, 0.2) is 0 Å². The molecular formula is C34H23Cl. The first-order chi connectivity index (χ1) is 17.1. The van der Waals surface area contributed by atoms with Crippen LogP contribution in [0.2, 0.25) is 5.02 Å². The van der Waals surface area contributed by atoms with Gasteiger partial charge in [-0.1, -0.05) is 101 Å². The van der Waals surface area contributed by atoms with E-state index in [0.717, 1.165) is 11.4 Å². The highest BCUT2D eigenvalue weighted by Crippen LogP contribution is 2.64. The van der Waals surface area contributed by atoms with Crippen molar-refractivity contribution in [3.05, 3.63) is 135 Å². The number of hydrogen-bond donors (Lipinski definition) is 0. The summed E-state index contributed by atoms with van der Waals surface area (Å²) in [4.78, 5) is 0. The van der Waals surface area contributed by atoms with Crippen LogP contribution < -0.4 is 0 Å². The first kappa shape index (κ1) is 20.6. The van der Waals surface area contributed by atoms with E-state index >= 15 is 0 Å². The third kappa shape index (κ3) is 2.71. The average Bonchev–Trinajstić information content (AvgIpc) is 3.14. The van der Waals surface area contributed by atoms with Crippen LogP contribution >= 0.6 is 11.6 Å². The zero-order valence-corrected chi connectivity index (χ0v) is 20.5. The Hall–Kier alpha value is -3.79. The van der Waals surface area contributed by atoms with E-state index in [4.69, 9.17) is 11.6 Å². The second-order valence-corrected chi connectivity index (χ2v) is 10.2. The summed E-state index contributed by atoms with van der Waals surface area (Å²) < 4.78 is 0. The van der Waals surface area contributed by atoms with Gasteiger partial charge < -0.3 is 0 Å². The van der Waals surface area contributed by atoms with Crippen LogP contribution in [-0.2, 0) is 5.41 Å². The van der Waals surface area contributed by atoms with Crippen LogP contribution in [0.15, 0.2) is 96.6 Å². The Bertz CT molecular complexity index is 1690. The van der Waals surface area contributed by atoms with Crippen LogP contribution in [0.1, 0.15) is 39.8 Å². The quantitative estimate of drug-likeness (QED) is 0.246. The molecule has 0 fully saturated rings. The van der Waals surface area contributed by atoms with E-state index in [2.05, 4.69) is 98.5 Å². The predicted octanol–water partition coefficient (Wildman–Crippen LogP) is 8.67. The van der Waals surface area contributed by atoms with Gasteiger partial charge in [-0.05, 0) is 93.8 Å². The SMILES string of the molecule is Cc1ccc2c(c1)C1(C3=C2C=CC#CC3)c2cc(C)ccc2-c2cccc(-c3ccc(Cl)cc3)c21. The Morgan fingerprint density at radius 3 is 2.20 bits per heavy atom. The number of fused-ring (bicyclic) bond motifs is 9. The van der Waals surface area contributed by atoms with Gasteiger partial charge in [0.05, 0.1) is 5.41 Å². The van der Waals surface area contributed by atoms with Gasteiger partial charge in [-0.25, -0.2) is 0 Å². The fourth-order valence-electron chi connectivity index (χ4n) is 6.45. The summed E-state index contributed by atoms with van der Waals surface area (Å²) in [5.74, 6) is 6.70. The maximum absolute atomic E-state index is 6.29. The van der Waals surface area contributed by atoms with Gasteiger partial charge >= 0.3 is 0 Å². The first-order valence-corrected chi connectivity index (χ1v) is 12.5. The highest BCUT2D eigenvalue weighted by Gasteiger charge is 2.53. The molecular weight excluding hydrogens is 444 g/mol. The maximum atomic E-state index is 6.29. The van der Waals surface area contributed by atoms with E-state index in [-0.39, 0.29) is 5.41 Å². The van der Waals surface area contributed by atoms with Crippen molar-refractivity contribution in [3.63, 3.8) is 0 Å². The highest BCUT2D eigenvalue weighted by molar-refractivity contribution is 6.30. The summed E-state index contributed by atoms with van der Waals surface area (Å²) in [7, 11) is 0. The number of allylic oxidation sites excluding steroid dienone is 4. The van der Waals surface area contributed by atoms with Gasteiger partial charge in [-0.2, -0.15) is 0 Å². The van der Waals surface area contributed by atoms with Gasteiger partial charge in [0.2, 0.25) is 0 Å². The molecule has 0 amide bonds. The standard InChI is InChI=1S/C34H23Cl/c1-21-11-17-27-26-7-4-3-5-10-30(26)34(31(27)19-21)32-20-22(2)12-18-28(32)29-9-6-8-25(33(29)34)23-13-15-24(35)16-14-23/h4,6-9,11-20H,10H2,1-2H3. The summed E-state index contributed by atoms with van der Waals surface area (Å²) in [5, 5.41) is 0.756. The smallest absolute Gasteiger partial charge is 0.0704 e. The molecule has 3 aliphatic carbocycles. The molecule has 0 heterocycles. The summed E-state index contributed by atoms with van der Waals surface area (Å²) in [6.07, 6.45) is 5.00. The molecule has 1 heteroatoms. The molecule has 7 rings (SSSR count). The molecule has 35 heavy (non-hydrogen) atoms. The Balaban J connectivity index is 1.69. The van der Waals surface area contributed by atoms with E-state index in [1.165, 1.54) is 66.8 Å². The summed E-state index contributed by atoms with van der Waals surface area (Å²) in [6.45, 7) is 4.40. The zero-order chi connectivity index (χ0) is 23.7. The van der Waals surface area contributed by atoms with Crippen LogP contribution in [-0.4, -0.2) is 0 Å². The number of halogens is 1. The average molecular weight is 467 g/mol. The van der Waals surface area contributed by atoms with Gasteiger partial charge in [0.25, 0.3) is 0 Å². The van der Waals surface area contributed by atoms with E-state index in [1.807, 2.05) is 18.2 Å². The molecule has 0 N–H and O–H groups in total. The molecule has 0 saturated heterocycles. The topological polar surface area (TPSA) is 0 Å². The molecule has 0 nitrogen and oxygen atoms in total. The monoisotopic (exact) mass is 466 g/mol. The molecule has 1 atom stereocenters. The van der Waals surface area contributed by atoms with Crippen LogP contribution in [0.4, 0.5) is 0 Å². The van der Waals surface area contributed by atoms with Gasteiger partial charge in [-0.3, -0.25) is 0 Å². The largest absolute Gasteiger partial charge is 0.0940 e. The van der Waals surface area contributed by atoms with Crippen molar-refractivity contribution in [3.8, 4) is 34.1 Å². The minimum absolute atomic E-state index is 0.368. The molecule has 1 unspecified atom stereocenters. The van der Waals surface area contributed by atoms with E-state index < -0.39 is 0 Å². The summed E-state index contributed by atoms with van der Waals surface area (Å²) in [6, 6.07) is 29.0. The number of hydrogen-bond acceptors (Lipinski definition) is 0. The second-order valence-electron chi connectivity index (χ2n) is 9.81. The van der Waals surface area contributed by atoms with Crippen molar-refractivity contribution >= 4 is 17.2 Å². The Labute approximate surface area is 211 Å². The number of aryl methyl sites for hydroxylation is 2. The molecule has 166 valence electrons. The van der Waals surface area contributed by atoms with Gasteiger partial charge in [0.1, 0.15) is 0 Å². The van der Waals surface area contributed by atoms with E-state index in [9.17, 15) is 0 Å². The normalized spacial score (nSPS) is 18.5. The molecule has 4 aromatic rings. The summed E-state index contributed by atoms with van der Waals surface area (Å²) in [5.41, 5.74) is 15.4. The van der Waals surface area contributed by atoms with Crippen LogP contribution in [0.5, 0.6) is 0 Å². The van der Waals surface area contributed by atoms with Crippen molar-refractivity contribution in [1.29, 1.82) is 0 Å². The second kappa shape index (κ2) is 7.35. The maximum Gasteiger partial charge on any atom is 0.0704 e. The lowest BCUT2D eigenvalue weighted by atomic mass is 9.66. The van der Waals surface area contributed by atoms with Crippen molar-refractivity contribution in [2.75, 3.05) is 0 Å². The van der Waals surface area contributed by atoms with Crippen LogP contribution in [0, 0.1) is 25.7 Å². The number of benzene rings is 4. The fraction of sp³-hybridized carbons (Fsp3) is 0.118. The summed E-state index contributed by atoms with van der Waals surface area (Å²) >= 11 is 6.29. The van der Waals surface area contributed by atoms with E-state index in [0.29, 0.717) is 0 Å². The lowest BCUT2D eigenvalue weighted by molar-refractivity contribution is 0.750. The van der Waals surface area contributed by atoms with Gasteiger partial charge in [-0.15, -0.1) is 0 Å². The van der Waals surface area contributed by atoms with Crippen molar-refractivity contribution in [2.24, 2.45) is 0 Å². The Morgan fingerprint density at radius 2 is 1.43 bits per heavy atom. The zero-order valence-electron chi connectivity index (χ0n) is 19.7.